The van der Waals surface area contributed by atoms with Crippen LogP contribution in [0.25, 0.3) is 0 Å². The quantitative estimate of drug-likeness (QED) is 0.646. The van der Waals surface area contributed by atoms with Gasteiger partial charge in [0.05, 0.1) is 12.3 Å². The molecule has 26 heavy (non-hydrogen) atoms. The number of benzene rings is 1. The highest BCUT2D eigenvalue weighted by Crippen LogP contribution is 2.25. The van der Waals surface area contributed by atoms with Crippen LogP contribution in [-0.2, 0) is 19.1 Å². The van der Waals surface area contributed by atoms with Gasteiger partial charge < -0.3 is 9.47 Å². The number of hydrogen-bond donors (Lipinski definition) is 0. The van der Waals surface area contributed by atoms with Crippen molar-refractivity contribution >= 4 is 11.9 Å². The Kier molecular flexibility index (Phi) is 7.79. The molecule has 3 atom stereocenters. The van der Waals surface area contributed by atoms with E-state index in [1.807, 2.05) is 20.8 Å². The SMILES string of the molecule is CC(C)[C@H](CC(=O)OC(C)(C)C)C(=O)O[C@H](C)[C@H](C)c1ccc(F)cc1. The topological polar surface area (TPSA) is 52.6 Å². The van der Waals surface area contributed by atoms with E-state index in [1.54, 1.807) is 39.8 Å². The van der Waals surface area contributed by atoms with Crippen LogP contribution < -0.4 is 0 Å². The van der Waals surface area contributed by atoms with E-state index in [0.717, 1.165) is 5.56 Å². The molecule has 0 aliphatic heterocycles. The van der Waals surface area contributed by atoms with Crippen molar-refractivity contribution in [1.82, 2.24) is 0 Å². The fraction of sp³-hybridized carbons (Fsp3) is 0.619. The fourth-order valence-electron chi connectivity index (χ4n) is 2.56. The van der Waals surface area contributed by atoms with Gasteiger partial charge in [0.15, 0.2) is 0 Å². The van der Waals surface area contributed by atoms with Gasteiger partial charge in [0.2, 0.25) is 0 Å². The molecule has 0 fully saturated rings. The maximum absolute atomic E-state index is 13.1. The number of esters is 2. The van der Waals surface area contributed by atoms with Crippen LogP contribution in [0.3, 0.4) is 0 Å². The number of carbonyl (C=O) groups is 2. The molecular weight excluding hydrogens is 335 g/mol. The summed E-state index contributed by atoms with van der Waals surface area (Å²) in [5, 5.41) is 0. The molecule has 0 saturated heterocycles. The summed E-state index contributed by atoms with van der Waals surface area (Å²) in [6.07, 6.45) is -0.404. The third-order valence-electron chi connectivity index (χ3n) is 4.32. The Morgan fingerprint density at radius 3 is 2.04 bits per heavy atom. The van der Waals surface area contributed by atoms with Gasteiger partial charge in [0.25, 0.3) is 0 Å². The van der Waals surface area contributed by atoms with Crippen molar-refractivity contribution in [2.24, 2.45) is 11.8 Å². The lowest BCUT2D eigenvalue weighted by atomic mass is 9.92. The highest BCUT2D eigenvalue weighted by Gasteiger charge is 2.31. The highest BCUT2D eigenvalue weighted by molar-refractivity contribution is 5.80. The molecule has 0 unspecified atom stereocenters. The third-order valence-corrected chi connectivity index (χ3v) is 4.32. The first-order valence-electron chi connectivity index (χ1n) is 9.08. The minimum absolute atomic E-state index is 0.00851. The van der Waals surface area contributed by atoms with Crippen molar-refractivity contribution in [3.63, 3.8) is 0 Å². The van der Waals surface area contributed by atoms with Crippen LogP contribution in [0.4, 0.5) is 4.39 Å². The number of ether oxygens (including phenoxy) is 2. The summed E-state index contributed by atoms with van der Waals surface area (Å²) in [5.74, 6) is -1.83. The third kappa shape index (κ3) is 7.14. The predicted octanol–water partition coefficient (Wildman–Crippen LogP) is 4.86. The number of carbonyl (C=O) groups excluding carboxylic acids is 2. The van der Waals surface area contributed by atoms with E-state index in [-0.39, 0.29) is 24.1 Å². The van der Waals surface area contributed by atoms with Gasteiger partial charge in [-0.1, -0.05) is 32.9 Å². The number of halogens is 1. The molecule has 146 valence electrons. The van der Waals surface area contributed by atoms with E-state index in [4.69, 9.17) is 9.47 Å². The zero-order valence-electron chi connectivity index (χ0n) is 16.8. The molecule has 4 nitrogen and oxygen atoms in total. The molecule has 0 amide bonds. The zero-order valence-corrected chi connectivity index (χ0v) is 16.8. The Morgan fingerprint density at radius 2 is 1.58 bits per heavy atom. The summed E-state index contributed by atoms with van der Waals surface area (Å²) in [6.45, 7) is 12.9. The molecule has 0 N–H and O–H groups in total. The van der Waals surface area contributed by atoms with E-state index < -0.39 is 29.6 Å². The monoisotopic (exact) mass is 366 g/mol. The van der Waals surface area contributed by atoms with Crippen LogP contribution >= 0.6 is 0 Å². The molecule has 0 saturated carbocycles. The van der Waals surface area contributed by atoms with E-state index >= 15 is 0 Å². The van der Waals surface area contributed by atoms with Crippen molar-refractivity contribution in [3.05, 3.63) is 35.6 Å². The van der Waals surface area contributed by atoms with Gasteiger partial charge in [-0.3, -0.25) is 9.59 Å². The van der Waals surface area contributed by atoms with Crippen molar-refractivity contribution < 1.29 is 23.5 Å². The molecule has 0 heterocycles. The Morgan fingerprint density at radius 1 is 1.04 bits per heavy atom. The smallest absolute Gasteiger partial charge is 0.310 e. The second-order valence-electron chi connectivity index (χ2n) is 8.12. The van der Waals surface area contributed by atoms with Crippen molar-refractivity contribution in [3.8, 4) is 0 Å². The Hall–Kier alpha value is -1.91. The van der Waals surface area contributed by atoms with E-state index in [2.05, 4.69) is 0 Å². The van der Waals surface area contributed by atoms with Gasteiger partial charge in [-0.05, 0) is 51.3 Å². The zero-order chi connectivity index (χ0) is 20.1. The van der Waals surface area contributed by atoms with E-state index in [9.17, 15) is 14.0 Å². The first kappa shape index (κ1) is 22.1. The Bertz CT molecular complexity index is 601. The second-order valence-corrected chi connectivity index (χ2v) is 8.12. The molecule has 0 radical (unpaired) electrons. The van der Waals surface area contributed by atoms with Crippen molar-refractivity contribution in [2.45, 2.75) is 72.5 Å². The molecule has 5 heteroatoms. The highest BCUT2D eigenvalue weighted by atomic mass is 19.1. The maximum atomic E-state index is 13.1. The van der Waals surface area contributed by atoms with Gasteiger partial charge in [-0.15, -0.1) is 0 Å². The van der Waals surface area contributed by atoms with Crippen LogP contribution in [0, 0.1) is 17.7 Å². The van der Waals surface area contributed by atoms with Gasteiger partial charge in [0, 0.05) is 5.92 Å². The molecule has 1 aromatic carbocycles. The van der Waals surface area contributed by atoms with Crippen LogP contribution in [0.2, 0.25) is 0 Å². The van der Waals surface area contributed by atoms with Crippen LogP contribution in [0.5, 0.6) is 0 Å². The van der Waals surface area contributed by atoms with E-state index in [0.29, 0.717) is 0 Å². The van der Waals surface area contributed by atoms with Gasteiger partial charge in [0.1, 0.15) is 17.5 Å². The molecule has 0 aromatic heterocycles. The van der Waals surface area contributed by atoms with E-state index in [1.165, 1.54) is 12.1 Å². The molecule has 0 aliphatic carbocycles. The summed E-state index contributed by atoms with van der Waals surface area (Å²) in [5.41, 5.74) is 0.298. The normalized spacial score (nSPS) is 15.3. The lowest BCUT2D eigenvalue weighted by Gasteiger charge is -2.26. The number of hydrogen-bond acceptors (Lipinski definition) is 4. The fourth-order valence-corrected chi connectivity index (χ4v) is 2.56. The maximum Gasteiger partial charge on any atom is 0.310 e. The first-order valence-corrected chi connectivity index (χ1v) is 9.08. The van der Waals surface area contributed by atoms with Crippen molar-refractivity contribution in [2.75, 3.05) is 0 Å². The molecule has 0 aliphatic rings. The van der Waals surface area contributed by atoms with Gasteiger partial charge in [-0.2, -0.15) is 0 Å². The lowest BCUT2D eigenvalue weighted by Crippen LogP contribution is -2.32. The second kappa shape index (κ2) is 9.15. The first-order chi connectivity index (χ1) is 11.9. The molecule has 1 rings (SSSR count). The summed E-state index contributed by atoms with van der Waals surface area (Å²) in [6, 6.07) is 6.15. The van der Waals surface area contributed by atoms with Crippen LogP contribution in [-0.4, -0.2) is 23.6 Å². The van der Waals surface area contributed by atoms with Gasteiger partial charge in [-0.25, -0.2) is 4.39 Å². The Balaban J connectivity index is 2.73. The number of rotatable bonds is 7. The minimum Gasteiger partial charge on any atom is -0.462 e. The molecule has 1 aromatic rings. The summed E-state index contributed by atoms with van der Waals surface area (Å²) in [7, 11) is 0. The van der Waals surface area contributed by atoms with Gasteiger partial charge >= 0.3 is 11.9 Å². The molecule has 0 spiro atoms. The lowest BCUT2D eigenvalue weighted by molar-refractivity contribution is -0.165. The summed E-state index contributed by atoms with van der Waals surface area (Å²) < 4.78 is 24.0. The van der Waals surface area contributed by atoms with Crippen LogP contribution in [0.15, 0.2) is 24.3 Å². The van der Waals surface area contributed by atoms with Crippen molar-refractivity contribution in [1.29, 1.82) is 0 Å². The largest absolute Gasteiger partial charge is 0.462 e. The average Bonchev–Trinajstić information content (AvgIpc) is 2.50. The minimum atomic E-state index is -0.590. The molecule has 0 bridgehead atoms. The standard InChI is InChI=1S/C21H31FO4/c1-13(2)18(12-19(23)26-21(5,6)7)20(24)25-15(4)14(3)16-8-10-17(22)11-9-16/h8-11,13-15,18H,12H2,1-7H3/t14-,15+,18-/m0/s1. The molecular formula is C21H31FO4. The average molecular weight is 366 g/mol. The Labute approximate surface area is 156 Å². The summed E-state index contributed by atoms with van der Waals surface area (Å²) in [4.78, 5) is 24.7. The predicted molar refractivity (Wildman–Crippen MR) is 99.2 cm³/mol. The van der Waals surface area contributed by atoms with Crippen LogP contribution in [0.1, 0.15) is 66.4 Å². The summed E-state index contributed by atoms with van der Waals surface area (Å²) >= 11 is 0.